The molecule has 0 saturated carbocycles. The number of nitrogens with one attached hydrogen (secondary N) is 1. The van der Waals surface area contributed by atoms with Crippen LogP contribution in [0.15, 0.2) is 48.5 Å². The molecule has 0 saturated heterocycles. The van der Waals surface area contributed by atoms with Crippen molar-refractivity contribution >= 4 is 11.6 Å². The number of alkyl halides is 3. The zero-order valence-corrected chi connectivity index (χ0v) is 11.6. The van der Waals surface area contributed by atoms with Crippen LogP contribution in [0.4, 0.5) is 18.9 Å². The highest BCUT2D eigenvalue weighted by Crippen LogP contribution is 2.29. The Morgan fingerprint density at radius 1 is 1.09 bits per heavy atom. The van der Waals surface area contributed by atoms with Gasteiger partial charge in [0.25, 0.3) is 11.6 Å². The van der Waals surface area contributed by atoms with Crippen LogP contribution in [0.3, 0.4) is 0 Å². The Hall–Kier alpha value is -2.90. The van der Waals surface area contributed by atoms with Gasteiger partial charge in [0.2, 0.25) is 0 Å². The quantitative estimate of drug-likeness (QED) is 0.690. The van der Waals surface area contributed by atoms with Crippen LogP contribution in [-0.4, -0.2) is 10.8 Å². The number of amides is 1. The van der Waals surface area contributed by atoms with Crippen molar-refractivity contribution in [1.29, 1.82) is 0 Å². The second-order valence-corrected chi connectivity index (χ2v) is 4.65. The molecular weight excluding hydrogens is 313 g/mol. The molecule has 0 spiro atoms. The van der Waals surface area contributed by atoms with Crippen LogP contribution in [-0.2, 0) is 12.7 Å². The summed E-state index contributed by atoms with van der Waals surface area (Å²) in [6, 6.07) is 9.72. The van der Waals surface area contributed by atoms with Gasteiger partial charge >= 0.3 is 6.18 Å². The molecule has 8 heteroatoms. The first-order valence-corrected chi connectivity index (χ1v) is 6.47. The highest BCUT2D eigenvalue weighted by Gasteiger charge is 2.29. The third kappa shape index (κ3) is 4.06. The highest BCUT2D eigenvalue weighted by atomic mass is 19.4. The summed E-state index contributed by atoms with van der Waals surface area (Å²) in [6.45, 7) is -0.0387. The molecule has 0 aliphatic carbocycles. The number of benzene rings is 2. The minimum Gasteiger partial charge on any atom is -0.348 e. The fourth-order valence-corrected chi connectivity index (χ4v) is 1.91. The van der Waals surface area contributed by atoms with E-state index in [4.69, 9.17) is 0 Å². The molecule has 0 aliphatic rings. The van der Waals surface area contributed by atoms with Crippen molar-refractivity contribution in [1.82, 2.24) is 5.32 Å². The van der Waals surface area contributed by atoms with E-state index in [-0.39, 0.29) is 17.8 Å². The highest BCUT2D eigenvalue weighted by molar-refractivity contribution is 5.98. The summed E-state index contributed by atoms with van der Waals surface area (Å²) in [4.78, 5) is 22.2. The average molecular weight is 324 g/mol. The molecule has 0 unspecified atom stereocenters. The first kappa shape index (κ1) is 16.5. The molecular formula is C15H11F3N2O3. The summed E-state index contributed by atoms with van der Waals surface area (Å²) in [5, 5.41) is 13.3. The van der Waals surface area contributed by atoms with Crippen molar-refractivity contribution in [3.8, 4) is 0 Å². The van der Waals surface area contributed by atoms with Crippen LogP contribution < -0.4 is 5.32 Å². The van der Waals surface area contributed by atoms with E-state index in [1.165, 1.54) is 36.4 Å². The summed E-state index contributed by atoms with van der Waals surface area (Å²) in [7, 11) is 0. The maximum atomic E-state index is 12.4. The third-order valence-corrected chi connectivity index (χ3v) is 3.08. The molecule has 0 aromatic heterocycles. The number of para-hydroxylation sites is 1. The second kappa shape index (κ2) is 6.47. The average Bonchev–Trinajstić information content (AvgIpc) is 2.52. The molecule has 0 atom stereocenters. The van der Waals surface area contributed by atoms with E-state index in [1.807, 2.05) is 0 Å². The van der Waals surface area contributed by atoms with Gasteiger partial charge in [-0.05, 0) is 23.8 Å². The van der Waals surface area contributed by atoms with Crippen molar-refractivity contribution in [2.45, 2.75) is 12.7 Å². The maximum absolute atomic E-state index is 12.4. The largest absolute Gasteiger partial charge is 0.416 e. The molecule has 120 valence electrons. The number of rotatable bonds is 4. The molecule has 0 fully saturated rings. The smallest absolute Gasteiger partial charge is 0.348 e. The van der Waals surface area contributed by atoms with Gasteiger partial charge in [0.1, 0.15) is 5.56 Å². The Bertz CT molecular complexity index is 727. The van der Waals surface area contributed by atoms with Gasteiger partial charge in [-0.15, -0.1) is 0 Å². The minimum absolute atomic E-state index is 0.0387. The fourth-order valence-electron chi connectivity index (χ4n) is 1.91. The Morgan fingerprint density at radius 2 is 1.70 bits per heavy atom. The third-order valence-electron chi connectivity index (χ3n) is 3.08. The van der Waals surface area contributed by atoms with E-state index in [1.54, 1.807) is 0 Å². The molecule has 1 N–H and O–H groups in total. The molecule has 0 heterocycles. The van der Waals surface area contributed by atoms with Gasteiger partial charge in [0.15, 0.2) is 0 Å². The van der Waals surface area contributed by atoms with E-state index >= 15 is 0 Å². The van der Waals surface area contributed by atoms with Crippen LogP contribution in [0.2, 0.25) is 0 Å². The lowest BCUT2D eigenvalue weighted by molar-refractivity contribution is -0.385. The summed E-state index contributed by atoms with van der Waals surface area (Å²) < 4.78 is 37.3. The molecule has 1 amide bonds. The molecule has 0 radical (unpaired) electrons. The second-order valence-electron chi connectivity index (χ2n) is 4.65. The fraction of sp³-hybridized carbons (Fsp3) is 0.133. The molecule has 2 aromatic rings. The predicted octanol–water partition coefficient (Wildman–Crippen LogP) is 3.54. The number of hydrogen-bond acceptors (Lipinski definition) is 3. The van der Waals surface area contributed by atoms with Crippen LogP contribution >= 0.6 is 0 Å². The number of carbonyl (C=O) groups is 1. The molecule has 5 nitrogen and oxygen atoms in total. The van der Waals surface area contributed by atoms with Crippen LogP contribution in [0.1, 0.15) is 21.5 Å². The monoisotopic (exact) mass is 324 g/mol. The summed E-state index contributed by atoms with van der Waals surface area (Å²) in [5.41, 5.74) is -0.780. The summed E-state index contributed by atoms with van der Waals surface area (Å²) in [6.07, 6.45) is -4.42. The SMILES string of the molecule is O=C(NCc1ccc(C(F)(F)F)cc1)c1ccccc1[N+](=O)[O-]. The van der Waals surface area contributed by atoms with Crippen molar-refractivity contribution in [2.24, 2.45) is 0 Å². The van der Waals surface area contributed by atoms with E-state index in [0.29, 0.717) is 5.56 Å². The van der Waals surface area contributed by atoms with E-state index in [9.17, 15) is 28.1 Å². The van der Waals surface area contributed by atoms with Crippen molar-refractivity contribution in [2.75, 3.05) is 0 Å². The molecule has 2 aromatic carbocycles. The van der Waals surface area contributed by atoms with Gasteiger partial charge in [-0.2, -0.15) is 13.2 Å². The lowest BCUT2D eigenvalue weighted by atomic mass is 10.1. The molecule has 23 heavy (non-hydrogen) atoms. The number of carbonyl (C=O) groups excluding carboxylic acids is 1. The van der Waals surface area contributed by atoms with Gasteiger partial charge in [-0.3, -0.25) is 14.9 Å². The number of halogens is 3. The zero-order valence-electron chi connectivity index (χ0n) is 11.6. The maximum Gasteiger partial charge on any atom is 0.416 e. The van der Waals surface area contributed by atoms with Crippen LogP contribution in [0.5, 0.6) is 0 Å². The van der Waals surface area contributed by atoms with E-state index in [2.05, 4.69) is 5.32 Å². The summed E-state index contributed by atoms with van der Waals surface area (Å²) in [5.74, 6) is -0.669. The minimum atomic E-state index is -4.42. The summed E-state index contributed by atoms with van der Waals surface area (Å²) >= 11 is 0. The lowest BCUT2D eigenvalue weighted by Crippen LogP contribution is -2.23. The Labute approximate surface area is 128 Å². The van der Waals surface area contributed by atoms with Crippen molar-refractivity contribution in [3.05, 3.63) is 75.3 Å². The van der Waals surface area contributed by atoms with Gasteiger partial charge in [0, 0.05) is 12.6 Å². The lowest BCUT2D eigenvalue weighted by Gasteiger charge is -2.09. The van der Waals surface area contributed by atoms with Crippen molar-refractivity contribution < 1.29 is 22.9 Å². The standard InChI is InChI=1S/C15H11F3N2O3/c16-15(17,18)11-7-5-10(6-8-11)9-19-14(21)12-3-1-2-4-13(12)20(22)23/h1-8H,9H2,(H,19,21). The normalized spacial score (nSPS) is 11.1. The topological polar surface area (TPSA) is 72.2 Å². The Kier molecular flexibility index (Phi) is 4.63. The Morgan fingerprint density at radius 3 is 2.26 bits per heavy atom. The van der Waals surface area contributed by atoms with Crippen LogP contribution in [0.25, 0.3) is 0 Å². The number of nitro benzene ring substituents is 1. The molecule has 0 aliphatic heterocycles. The number of nitrogens with zero attached hydrogens (tertiary/aromatic N) is 1. The molecule has 2 rings (SSSR count). The first-order chi connectivity index (χ1) is 10.8. The van der Waals surface area contributed by atoms with Crippen molar-refractivity contribution in [3.63, 3.8) is 0 Å². The van der Waals surface area contributed by atoms with E-state index in [0.717, 1.165) is 12.1 Å². The number of nitro groups is 1. The van der Waals surface area contributed by atoms with Gasteiger partial charge < -0.3 is 5.32 Å². The molecule has 0 bridgehead atoms. The predicted molar refractivity (Wildman–Crippen MR) is 75.7 cm³/mol. The van der Waals surface area contributed by atoms with Gasteiger partial charge in [-0.1, -0.05) is 24.3 Å². The van der Waals surface area contributed by atoms with Crippen LogP contribution in [0, 0.1) is 10.1 Å². The zero-order chi connectivity index (χ0) is 17.0. The first-order valence-electron chi connectivity index (χ1n) is 6.47. The number of hydrogen-bond donors (Lipinski definition) is 1. The van der Waals surface area contributed by atoms with Gasteiger partial charge in [0.05, 0.1) is 10.5 Å². The van der Waals surface area contributed by atoms with E-state index < -0.39 is 22.6 Å². The Balaban J connectivity index is 2.07. The van der Waals surface area contributed by atoms with Gasteiger partial charge in [-0.25, -0.2) is 0 Å².